The van der Waals surface area contributed by atoms with E-state index in [4.69, 9.17) is 14.1 Å². The zero-order valence-electron chi connectivity index (χ0n) is 19.5. The number of benzene rings is 2. The first-order valence-electron chi connectivity index (χ1n) is 11.8. The van der Waals surface area contributed by atoms with Crippen LogP contribution in [0.3, 0.4) is 0 Å². The molecule has 1 amide bonds. The van der Waals surface area contributed by atoms with Crippen molar-refractivity contribution < 1.29 is 18.7 Å². The Morgan fingerprint density at radius 2 is 1.94 bits per heavy atom. The number of carbonyl (C=O) groups is 2. The van der Waals surface area contributed by atoms with Crippen molar-refractivity contribution in [3.8, 4) is 0 Å². The highest BCUT2D eigenvalue weighted by Gasteiger charge is 2.21. The van der Waals surface area contributed by atoms with E-state index in [0.29, 0.717) is 46.1 Å². The lowest BCUT2D eigenvalue weighted by Gasteiger charge is -2.16. The average Bonchev–Trinajstić information content (AvgIpc) is 3.62. The number of carbonyl (C=O) groups excluding carboxylic acids is 2. The number of ketones is 1. The Morgan fingerprint density at radius 3 is 2.69 bits per heavy atom. The van der Waals surface area contributed by atoms with E-state index in [0.717, 1.165) is 12.8 Å². The van der Waals surface area contributed by atoms with Gasteiger partial charge < -0.3 is 14.5 Å². The van der Waals surface area contributed by atoms with E-state index in [9.17, 15) is 14.4 Å². The molecule has 36 heavy (non-hydrogen) atoms. The fourth-order valence-electron chi connectivity index (χ4n) is 4.13. The Morgan fingerprint density at radius 1 is 1.08 bits per heavy atom. The molecule has 1 N–H and O–H groups in total. The minimum atomic E-state index is -0.299. The molecule has 0 bridgehead atoms. The predicted molar refractivity (Wildman–Crippen MR) is 136 cm³/mol. The summed E-state index contributed by atoms with van der Waals surface area (Å²) in [6.07, 6.45) is 3.29. The van der Waals surface area contributed by atoms with Crippen LogP contribution in [0, 0.1) is 0 Å². The highest BCUT2D eigenvalue weighted by molar-refractivity contribution is 7.99. The number of hydrogen-bond donors (Lipinski definition) is 1. The number of aromatic nitrogens is 2. The Hall–Kier alpha value is -3.69. The summed E-state index contributed by atoms with van der Waals surface area (Å²) in [5.74, 6) is 0.425. The van der Waals surface area contributed by atoms with E-state index in [1.54, 1.807) is 53.3 Å². The van der Waals surface area contributed by atoms with Gasteiger partial charge in [0.05, 0.1) is 42.1 Å². The number of hydrogen-bond acceptors (Lipinski definition) is 7. The summed E-state index contributed by atoms with van der Waals surface area (Å²) in [5.41, 5.74) is 1.18. The van der Waals surface area contributed by atoms with Crippen LogP contribution in [-0.2, 0) is 17.8 Å². The van der Waals surface area contributed by atoms with Crippen molar-refractivity contribution in [2.24, 2.45) is 0 Å². The van der Waals surface area contributed by atoms with Gasteiger partial charge in [-0.2, -0.15) is 0 Å². The first-order valence-corrected chi connectivity index (χ1v) is 12.7. The number of ether oxygens (including phenoxy) is 1. The maximum Gasteiger partial charge on any atom is 0.262 e. The lowest BCUT2D eigenvalue weighted by atomic mass is 10.1. The van der Waals surface area contributed by atoms with Gasteiger partial charge in [-0.05, 0) is 43.2 Å². The molecule has 0 unspecified atom stereocenters. The van der Waals surface area contributed by atoms with Gasteiger partial charge in [0.15, 0.2) is 10.9 Å². The molecule has 0 saturated carbocycles. The lowest BCUT2D eigenvalue weighted by molar-refractivity contribution is 0.0937. The molecule has 2 aromatic carbocycles. The van der Waals surface area contributed by atoms with Gasteiger partial charge in [0.2, 0.25) is 0 Å². The molecule has 4 aromatic rings. The molecule has 9 heteroatoms. The minimum absolute atomic E-state index is 0.0512. The number of Topliss-reactive ketones (excluding diaryl/α,β-unsaturated/α-hetero) is 1. The van der Waals surface area contributed by atoms with Crippen LogP contribution in [0.4, 0.5) is 0 Å². The van der Waals surface area contributed by atoms with E-state index in [1.807, 2.05) is 18.2 Å². The Bertz CT molecular complexity index is 1430. The summed E-state index contributed by atoms with van der Waals surface area (Å²) in [4.78, 5) is 43.6. The van der Waals surface area contributed by atoms with Crippen molar-refractivity contribution >= 4 is 34.4 Å². The number of furan rings is 1. The summed E-state index contributed by atoms with van der Waals surface area (Å²) >= 11 is 1.22. The van der Waals surface area contributed by atoms with E-state index < -0.39 is 0 Å². The molecule has 0 radical (unpaired) electrons. The molecule has 5 rings (SSSR count). The van der Waals surface area contributed by atoms with Crippen LogP contribution in [0.2, 0.25) is 0 Å². The van der Waals surface area contributed by atoms with Crippen molar-refractivity contribution in [1.82, 2.24) is 14.9 Å². The van der Waals surface area contributed by atoms with Gasteiger partial charge in [-0.25, -0.2) is 4.98 Å². The molecule has 1 saturated heterocycles. The molecule has 8 nitrogen and oxygen atoms in total. The first-order chi connectivity index (χ1) is 17.6. The zero-order chi connectivity index (χ0) is 24.9. The summed E-state index contributed by atoms with van der Waals surface area (Å²) in [7, 11) is 0. The van der Waals surface area contributed by atoms with Gasteiger partial charge in [-0.3, -0.25) is 19.0 Å². The van der Waals surface area contributed by atoms with Crippen LogP contribution in [0.1, 0.15) is 39.3 Å². The molecule has 0 aliphatic carbocycles. The monoisotopic (exact) mass is 503 g/mol. The molecule has 1 fully saturated rings. The molecular formula is C27H25N3O5S. The number of nitrogens with one attached hydrogen (secondary N) is 1. The van der Waals surface area contributed by atoms with Crippen LogP contribution in [0.15, 0.2) is 81.3 Å². The molecule has 1 atom stereocenters. The van der Waals surface area contributed by atoms with Crippen LogP contribution in [0.5, 0.6) is 0 Å². The molecular weight excluding hydrogens is 478 g/mol. The quantitative estimate of drug-likeness (QED) is 0.209. The van der Waals surface area contributed by atoms with Crippen LogP contribution in [-0.4, -0.2) is 39.7 Å². The molecule has 0 spiro atoms. The van der Waals surface area contributed by atoms with Gasteiger partial charge in [0, 0.05) is 17.7 Å². The summed E-state index contributed by atoms with van der Waals surface area (Å²) in [5, 5.41) is 3.65. The standard InChI is InChI=1S/C27H25N3O5S/c31-24(18-6-2-1-3-7-18)17-36-27-29-23-14-19(25(32)28-15-20-8-4-12-34-20)10-11-22(23)26(33)30(27)16-21-9-5-13-35-21/h1-4,6-8,10-12,14,21H,5,9,13,15-17H2,(H,28,32)/t21-/m1/s1. The smallest absolute Gasteiger partial charge is 0.262 e. The van der Waals surface area contributed by atoms with E-state index >= 15 is 0 Å². The van der Waals surface area contributed by atoms with Crippen molar-refractivity contribution in [1.29, 1.82) is 0 Å². The second-order valence-corrected chi connectivity index (χ2v) is 9.46. The second-order valence-electron chi connectivity index (χ2n) is 8.52. The molecule has 184 valence electrons. The van der Waals surface area contributed by atoms with Gasteiger partial charge in [0.25, 0.3) is 11.5 Å². The zero-order valence-corrected chi connectivity index (χ0v) is 20.3. The van der Waals surface area contributed by atoms with Gasteiger partial charge in [0.1, 0.15) is 5.76 Å². The number of amides is 1. The third kappa shape index (κ3) is 5.42. The largest absolute Gasteiger partial charge is 0.467 e. The van der Waals surface area contributed by atoms with Gasteiger partial charge in [-0.1, -0.05) is 42.1 Å². The maximum absolute atomic E-state index is 13.5. The highest BCUT2D eigenvalue weighted by atomic mass is 32.2. The number of fused-ring (bicyclic) bond motifs is 1. The number of rotatable bonds is 9. The predicted octanol–water partition coefficient (Wildman–Crippen LogP) is 4.07. The van der Waals surface area contributed by atoms with Crippen LogP contribution in [0.25, 0.3) is 10.9 Å². The third-order valence-corrected chi connectivity index (χ3v) is 7.00. The van der Waals surface area contributed by atoms with Gasteiger partial charge in [-0.15, -0.1) is 0 Å². The van der Waals surface area contributed by atoms with E-state index in [1.165, 1.54) is 11.8 Å². The first kappa shape index (κ1) is 24.0. The van der Waals surface area contributed by atoms with Crippen molar-refractivity contribution in [2.45, 2.75) is 37.2 Å². The fraction of sp³-hybridized carbons (Fsp3) is 0.259. The van der Waals surface area contributed by atoms with E-state index in [2.05, 4.69) is 5.32 Å². The van der Waals surface area contributed by atoms with Crippen LogP contribution < -0.4 is 10.9 Å². The summed E-state index contributed by atoms with van der Waals surface area (Å²) in [6, 6.07) is 17.4. The maximum atomic E-state index is 13.5. The minimum Gasteiger partial charge on any atom is -0.467 e. The molecule has 1 aliphatic rings. The van der Waals surface area contributed by atoms with Gasteiger partial charge >= 0.3 is 0 Å². The number of thioether (sulfide) groups is 1. The average molecular weight is 504 g/mol. The lowest BCUT2D eigenvalue weighted by Crippen LogP contribution is -2.29. The molecule has 1 aliphatic heterocycles. The summed E-state index contributed by atoms with van der Waals surface area (Å²) in [6.45, 7) is 1.30. The fourth-order valence-corrected chi connectivity index (χ4v) is 5.03. The van der Waals surface area contributed by atoms with Crippen molar-refractivity contribution in [2.75, 3.05) is 12.4 Å². The SMILES string of the molecule is O=C(CSc1nc2cc(C(=O)NCc3ccco3)ccc2c(=O)n1C[C@H]1CCCO1)c1ccccc1. The Labute approximate surface area is 211 Å². The molecule has 2 aromatic heterocycles. The number of nitrogens with zero attached hydrogens (tertiary/aromatic N) is 2. The van der Waals surface area contributed by atoms with E-state index in [-0.39, 0.29) is 35.7 Å². The van der Waals surface area contributed by atoms with Crippen molar-refractivity contribution in [3.63, 3.8) is 0 Å². The van der Waals surface area contributed by atoms with Crippen molar-refractivity contribution in [3.05, 3.63) is 94.2 Å². The molecule has 3 heterocycles. The second kappa shape index (κ2) is 10.9. The Kier molecular flexibility index (Phi) is 7.29. The topological polar surface area (TPSA) is 103 Å². The summed E-state index contributed by atoms with van der Waals surface area (Å²) < 4.78 is 12.6. The Balaban J connectivity index is 1.43. The van der Waals surface area contributed by atoms with Crippen LogP contribution >= 0.6 is 11.8 Å². The third-order valence-electron chi connectivity index (χ3n) is 6.02. The highest BCUT2D eigenvalue weighted by Crippen LogP contribution is 2.22. The normalized spacial score (nSPS) is 15.3.